The number of nitrogens with one attached hydrogen (secondary N) is 1. The van der Waals surface area contributed by atoms with Crippen LogP contribution in [0.2, 0.25) is 0 Å². The fourth-order valence-corrected chi connectivity index (χ4v) is 1.72. The summed E-state index contributed by atoms with van der Waals surface area (Å²) in [5, 5.41) is 0. The lowest BCUT2D eigenvalue weighted by Crippen LogP contribution is -2.01. The van der Waals surface area contributed by atoms with Gasteiger partial charge in [-0.3, -0.25) is 0 Å². The minimum absolute atomic E-state index is 0.719. The standard InChI is InChI=1S/C12H17N3/c1-2-9-5-6-10-11(8-9)15-12(14-10)4-3-7-13/h5-6,8H,2-4,7,13H2,1H3,(H,14,15). The van der Waals surface area contributed by atoms with Gasteiger partial charge in [-0.25, -0.2) is 4.98 Å². The topological polar surface area (TPSA) is 54.7 Å². The lowest BCUT2D eigenvalue weighted by Gasteiger charge is -1.94. The molecule has 0 aliphatic heterocycles. The molecule has 1 aromatic carbocycles. The number of rotatable bonds is 4. The van der Waals surface area contributed by atoms with E-state index in [-0.39, 0.29) is 0 Å². The van der Waals surface area contributed by atoms with Crippen molar-refractivity contribution in [2.24, 2.45) is 5.73 Å². The third-order valence-corrected chi connectivity index (χ3v) is 2.62. The largest absolute Gasteiger partial charge is 0.342 e. The van der Waals surface area contributed by atoms with E-state index in [1.807, 2.05) is 0 Å². The van der Waals surface area contributed by atoms with Crippen molar-refractivity contribution in [1.82, 2.24) is 9.97 Å². The van der Waals surface area contributed by atoms with Gasteiger partial charge < -0.3 is 10.7 Å². The van der Waals surface area contributed by atoms with Gasteiger partial charge in [-0.05, 0) is 37.1 Å². The molecule has 80 valence electrons. The van der Waals surface area contributed by atoms with Gasteiger partial charge in [-0.1, -0.05) is 13.0 Å². The molecule has 3 nitrogen and oxygen atoms in total. The van der Waals surface area contributed by atoms with Gasteiger partial charge in [0, 0.05) is 6.42 Å². The van der Waals surface area contributed by atoms with Crippen LogP contribution in [0, 0.1) is 0 Å². The number of hydrogen-bond donors (Lipinski definition) is 2. The number of nitrogens with two attached hydrogens (primary N) is 1. The first kappa shape index (κ1) is 10.2. The number of aromatic nitrogens is 2. The van der Waals surface area contributed by atoms with E-state index in [4.69, 9.17) is 5.73 Å². The van der Waals surface area contributed by atoms with E-state index >= 15 is 0 Å². The normalized spacial score (nSPS) is 11.1. The van der Waals surface area contributed by atoms with Gasteiger partial charge in [0.1, 0.15) is 5.82 Å². The van der Waals surface area contributed by atoms with Gasteiger partial charge in [0.25, 0.3) is 0 Å². The number of nitrogens with zero attached hydrogens (tertiary/aromatic N) is 1. The summed E-state index contributed by atoms with van der Waals surface area (Å²) in [6, 6.07) is 6.39. The Morgan fingerprint density at radius 1 is 1.40 bits per heavy atom. The molecule has 2 aromatic rings. The number of benzene rings is 1. The van der Waals surface area contributed by atoms with Gasteiger partial charge >= 0.3 is 0 Å². The number of fused-ring (bicyclic) bond motifs is 1. The van der Waals surface area contributed by atoms with E-state index in [1.54, 1.807) is 0 Å². The van der Waals surface area contributed by atoms with Crippen LogP contribution in [0.25, 0.3) is 11.0 Å². The summed E-state index contributed by atoms with van der Waals surface area (Å²) in [5.41, 5.74) is 9.01. The highest BCUT2D eigenvalue weighted by Crippen LogP contribution is 2.14. The number of aryl methyl sites for hydroxylation is 2. The molecule has 2 rings (SSSR count). The molecule has 0 radical (unpaired) electrons. The molecule has 0 saturated carbocycles. The molecule has 0 saturated heterocycles. The zero-order valence-corrected chi connectivity index (χ0v) is 9.09. The molecule has 0 aliphatic carbocycles. The second kappa shape index (κ2) is 4.45. The first-order chi connectivity index (χ1) is 7.33. The monoisotopic (exact) mass is 203 g/mol. The average Bonchev–Trinajstić information content (AvgIpc) is 2.67. The first-order valence-electron chi connectivity index (χ1n) is 5.51. The van der Waals surface area contributed by atoms with E-state index in [2.05, 4.69) is 35.1 Å². The van der Waals surface area contributed by atoms with Crippen LogP contribution in [0.3, 0.4) is 0 Å². The van der Waals surface area contributed by atoms with Crippen LogP contribution in [0.4, 0.5) is 0 Å². The fourth-order valence-electron chi connectivity index (χ4n) is 1.72. The zero-order valence-electron chi connectivity index (χ0n) is 9.09. The quantitative estimate of drug-likeness (QED) is 0.798. The van der Waals surface area contributed by atoms with Crippen molar-refractivity contribution in [1.29, 1.82) is 0 Å². The van der Waals surface area contributed by atoms with Crippen LogP contribution < -0.4 is 5.73 Å². The maximum Gasteiger partial charge on any atom is 0.107 e. The summed E-state index contributed by atoms with van der Waals surface area (Å²) in [7, 11) is 0. The van der Waals surface area contributed by atoms with Crippen LogP contribution in [0.1, 0.15) is 24.7 Å². The van der Waals surface area contributed by atoms with Crippen molar-refractivity contribution in [2.45, 2.75) is 26.2 Å². The summed E-state index contributed by atoms with van der Waals surface area (Å²) >= 11 is 0. The number of imidazole rings is 1. The highest BCUT2D eigenvalue weighted by Gasteiger charge is 2.02. The Kier molecular flexibility index (Phi) is 3.02. The van der Waals surface area contributed by atoms with Gasteiger partial charge in [-0.15, -0.1) is 0 Å². The molecular weight excluding hydrogens is 186 g/mol. The van der Waals surface area contributed by atoms with Crippen molar-refractivity contribution in [3.63, 3.8) is 0 Å². The third kappa shape index (κ3) is 2.18. The van der Waals surface area contributed by atoms with Crippen LogP contribution in [-0.4, -0.2) is 16.5 Å². The second-order valence-electron chi connectivity index (χ2n) is 3.78. The number of aromatic amines is 1. The minimum atomic E-state index is 0.719. The van der Waals surface area contributed by atoms with Crippen LogP contribution in [-0.2, 0) is 12.8 Å². The van der Waals surface area contributed by atoms with Gasteiger partial charge in [-0.2, -0.15) is 0 Å². The van der Waals surface area contributed by atoms with Gasteiger partial charge in [0.2, 0.25) is 0 Å². The van der Waals surface area contributed by atoms with Crippen molar-refractivity contribution >= 4 is 11.0 Å². The highest BCUT2D eigenvalue weighted by atomic mass is 14.9. The number of hydrogen-bond acceptors (Lipinski definition) is 2. The molecule has 1 heterocycles. The molecule has 15 heavy (non-hydrogen) atoms. The molecule has 3 heteroatoms. The maximum absolute atomic E-state index is 5.47. The molecule has 0 amide bonds. The number of H-pyrrole nitrogens is 1. The van der Waals surface area contributed by atoms with Crippen LogP contribution in [0.15, 0.2) is 18.2 Å². The molecule has 0 bridgehead atoms. The highest BCUT2D eigenvalue weighted by molar-refractivity contribution is 5.75. The van der Waals surface area contributed by atoms with Crippen LogP contribution >= 0.6 is 0 Å². The molecular formula is C12H17N3. The summed E-state index contributed by atoms with van der Waals surface area (Å²) in [4.78, 5) is 7.85. The summed E-state index contributed by atoms with van der Waals surface area (Å²) in [6.07, 6.45) is 2.99. The smallest absolute Gasteiger partial charge is 0.107 e. The summed E-state index contributed by atoms with van der Waals surface area (Å²) in [6.45, 7) is 2.88. The molecule has 3 N–H and O–H groups in total. The molecule has 1 aromatic heterocycles. The lowest BCUT2D eigenvalue weighted by atomic mass is 10.1. The zero-order chi connectivity index (χ0) is 10.7. The summed E-state index contributed by atoms with van der Waals surface area (Å²) in [5.74, 6) is 1.05. The maximum atomic E-state index is 5.47. The SMILES string of the molecule is CCc1ccc2nc(CCCN)[nH]c2c1. The molecule has 0 fully saturated rings. The fraction of sp³-hybridized carbons (Fsp3) is 0.417. The Hall–Kier alpha value is -1.35. The molecule has 0 aliphatic rings. The van der Waals surface area contributed by atoms with Crippen LogP contribution in [0.5, 0.6) is 0 Å². The Bertz CT molecular complexity index is 445. The molecule has 0 unspecified atom stereocenters. The molecule has 0 spiro atoms. The van der Waals surface area contributed by atoms with Crippen molar-refractivity contribution < 1.29 is 0 Å². The average molecular weight is 203 g/mol. The van der Waals surface area contributed by atoms with Crippen molar-refractivity contribution in [2.75, 3.05) is 6.54 Å². The minimum Gasteiger partial charge on any atom is -0.342 e. The van der Waals surface area contributed by atoms with E-state index < -0.39 is 0 Å². The second-order valence-corrected chi connectivity index (χ2v) is 3.78. The van der Waals surface area contributed by atoms with E-state index in [0.717, 1.165) is 42.7 Å². The predicted octanol–water partition coefficient (Wildman–Crippen LogP) is 2.02. The van der Waals surface area contributed by atoms with Crippen molar-refractivity contribution in [3.05, 3.63) is 29.6 Å². The Balaban J connectivity index is 2.29. The first-order valence-corrected chi connectivity index (χ1v) is 5.51. The molecule has 0 atom stereocenters. The third-order valence-electron chi connectivity index (χ3n) is 2.62. The van der Waals surface area contributed by atoms with E-state index in [0.29, 0.717) is 0 Å². The van der Waals surface area contributed by atoms with E-state index in [9.17, 15) is 0 Å². The van der Waals surface area contributed by atoms with Gasteiger partial charge in [0.05, 0.1) is 11.0 Å². The predicted molar refractivity (Wildman–Crippen MR) is 62.8 cm³/mol. The van der Waals surface area contributed by atoms with Gasteiger partial charge in [0.15, 0.2) is 0 Å². The Morgan fingerprint density at radius 3 is 3.00 bits per heavy atom. The van der Waals surface area contributed by atoms with Crippen molar-refractivity contribution in [3.8, 4) is 0 Å². The lowest BCUT2D eigenvalue weighted by molar-refractivity contribution is 0.796. The van der Waals surface area contributed by atoms with E-state index in [1.165, 1.54) is 5.56 Å². The summed E-state index contributed by atoms with van der Waals surface area (Å²) < 4.78 is 0. The Labute approximate surface area is 89.7 Å². The Morgan fingerprint density at radius 2 is 2.27 bits per heavy atom.